The van der Waals surface area contributed by atoms with Crippen LogP contribution in [0.25, 0.3) is 5.65 Å². The highest BCUT2D eigenvalue weighted by Crippen LogP contribution is 2.42. The molecular formula is C24H29F3N6O. The van der Waals surface area contributed by atoms with E-state index in [0.29, 0.717) is 12.1 Å². The molecule has 0 aliphatic carbocycles. The zero-order chi connectivity index (χ0) is 23.9. The SMILES string of the molecule is CN1CCN(c2cccc3nc([C@H]4CCC[C@@H](c5ncccc5OC(F)(F)F)N4C)cn23)CC1. The Hall–Kier alpha value is -2.85. The van der Waals surface area contributed by atoms with Crippen LogP contribution in [0.5, 0.6) is 5.75 Å². The summed E-state index contributed by atoms with van der Waals surface area (Å²) in [6.45, 7) is 3.93. The molecule has 5 rings (SSSR count). The predicted octanol–water partition coefficient (Wildman–Crippen LogP) is 4.28. The van der Waals surface area contributed by atoms with Gasteiger partial charge in [0, 0.05) is 38.6 Å². The predicted molar refractivity (Wildman–Crippen MR) is 123 cm³/mol. The van der Waals surface area contributed by atoms with Crippen molar-refractivity contribution in [1.82, 2.24) is 24.2 Å². The van der Waals surface area contributed by atoms with Gasteiger partial charge in [-0.05, 0) is 57.6 Å². The van der Waals surface area contributed by atoms with Gasteiger partial charge in [0.1, 0.15) is 11.5 Å². The van der Waals surface area contributed by atoms with Crippen molar-refractivity contribution in [3.63, 3.8) is 0 Å². The lowest BCUT2D eigenvalue weighted by Crippen LogP contribution is -2.45. The number of imidazole rings is 1. The van der Waals surface area contributed by atoms with Gasteiger partial charge >= 0.3 is 6.36 Å². The number of pyridine rings is 2. The van der Waals surface area contributed by atoms with Gasteiger partial charge in [0.2, 0.25) is 0 Å². The first-order valence-electron chi connectivity index (χ1n) is 11.6. The van der Waals surface area contributed by atoms with E-state index in [-0.39, 0.29) is 17.8 Å². The molecule has 2 atom stereocenters. The number of aromatic nitrogens is 3. The van der Waals surface area contributed by atoms with Crippen molar-refractivity contribution >= 4 is 11.5 Å². The highest BCUT2D eigenvalue weighted by molar-refractivity contribution is 5.53. The maximum atomic E-state index is 13.0. The number of nitrogens with zero attached hydrogens (tertiary/aromatic N) is 6. The fourth-order valence-electron chi connectivity index (χ4n) is 5.15. The number of hydrogen-bond donors (Lipinski definition) is 0. The number of alkyl halides is 3. The Labute approximate surface area is 196 Å². The van der Waals surface area contributed by atoms with E-state index < -0.39 is 6.36 Å². The maximum absolute atomic E-state index is 13.0. The number of hydrogen-bond acceptors (Lipinski definition) is 6. The summed E-state index contributed by atoms with van der Waals surface area (Å²) in [5, 5.41) is 0. The molecule has 3 aromatic rings. The Morgan fingerprint density at radius 2 is 1.74 bits per heavy atom. The van der Waals surface area contributed by atoms with Crippen LogP contribution in [-0.4, -0.2) is 70.8 Å². The largest absolute Gasteiger partial charge is 0.573 e. The normalized spacial score (nSPS) is 22.9. The minimum Gasteiger partial charge on any atom is -0.404 e. The third-order valence-electron chi connectivity index (χ3n) is 6.94. The van der Waals surface area contributed by atoms with Crippen LogP contribution in [0.3, 0.4) is 0 Å². The molecule has 0 saturated carbocycles. The van der Waals surface area contributed by atoms with Gasteiger partial charge < -0.3 is 14.5 Å². The number of likely N-dealkylation sites (N-methyl/N-ethyl adjacent to an activating group) is 1. The van der Waals surface area contributed by atoms with Crippen molar-refractivity contribution in [1.29, 1.82) is 0 Å². The monoisotopic (exact) mass is 474 g/mol. The van der Waals surface area contributed by atoms with Crippen molar-refractivity contribution in [2.24, 2.45) is 0 Å². The van der Waals surface area contributed by atoms with E-state index in [0.717, 1.165) is 56.2 Å². The first kappa shape index (κ1) is 22.9. The third kappa shape index (κ3) is 4.56. The first-order valence-corrected chi connectivity index (χ1v) is 11.6. The van der Waals surface area contributed by atoms with Gasteiger partial charge in [0.25, 0.3) is 0 Å². The van der Waals surface area contributed by atoms with Gasteiger partial charge in [0.05, 0.1) is 23.5 Å². The molecular weight excluding hydrogens is 445 g/mol. The Kier molecular flexibility index (Phi) is 6.11. The molecule has 2 aliphatic rings. The van der Waals surface area contributed by atoms with Crippen LogP contribution in [0.2, 0.25) is 0 Å². The molecule has 10 heteroatoms. The molecule has 0 spiro atoms. The molecule has 2 aliphatic heterocycles. The molecule has 0 N–H and O–H groups in total. The van der Waals surface area contributed by atoms with Crippen molar-refractivity contribution in [3.8, 4) is 5.75 Å². The molecule has 5 heterocycles. The quantitative estimate of drug-likeness (QED) is 0.563. The van der Waals surface area contributed by atoms with Crippen LogP contribution in [0.15, 0.2) is 42.7 Å². The lowest BCUT2D eigenvalue weighted by atomic mass is 9.92. The second kappa shape index (κ2) is 9.07. The van der Waals surface area contributed by atoms with Gasteiger partial charge in [-0.25, -0.2) is 4.98 Å². The second-order valence-electron chi connectivity index (χ2n) is 9.13. The maximum Gasteiger partial charge on any atom is 0.573 e. The standard InChI is InChI=1S/C24H29F3N6O/c1-30-12-14-32(15-13-30)22-10-4-9-21-29-17(16-33(21)22)18-6-3-7-19(31(18)2)23-20(8-5-11-28-23)34-24(25,26)27/h4-5,8-11,16,18-19H,3,6-7,12-15H2,1-2H3/t18-,19+/m1/s1. The van der Waals surface area contributed by atoms with E-state index in [1.807, 2.05) is 19.2 Å². The number of piperazine rings is 1. The molecule has 7 nitrogen and oxygen atoms in total. The third-order valence-corrected chi connectivity index (χ3v) is 6.94. The minimum atomic E-state index is -4.76. The molecule has 0 radical (unpaired) electrons. The van der Waals surface area contributed by atoms with Gasteiger partial charge in [0.15, 0.2) is 5.75 Å². The van der Waals surface area contributed by atoms with Crippen LogP contribution in [0.4, 0.5) is 19.0 Å². The summed E-state index contributed by atoms with van der Waals surface area (Å²) in [6, 6.07) is 8.62. The van der Waals surface area contributed by atoms with E-state index in [2.05, 4.69) is 48.1 Å². The van der Waals surface area contributed by atoms with E-state index >= 15 is 0 Å². The summed E-state index contributed by atoms with van der Waals surface area (Å²) in [4.78, 5) is 16.0. The Balaban J connectivity index is 1.44. The zero-order valence-corrected chi connectivity index (χ0v) is 19.4. The van der Waals surface area contributed by atoms with Gasteiger partial charge in [-0.15, -0.1) is 13.2 Å². The highest BCUT2D eigenvalue weighted by atomic mass is 19.4. The molecule has 34 heavy (non-hydrogen) atoms. The van der Waals surface area contributed by atoms with E-state index in [9.17, 15) is 13.2 Å². The Morgan fingerprint density at radius 3 is 2.50 bits per heavy atom. The zero-order valence-electron chi connectivity index (χ0n) is 19.4. The summed E-state index contributed by atoms with van der Waals surface area (Å²) < 4.78 is 45.4. The molecule has 3 aromatic heterocycles. The number of piperidine rings is 1. The highest BCUT2D eigenvalue weighted by Gasteiger charge is 2.37. The summed E-state index contributed by atoms with van der Waals surface area (Å²) in [5.74, 6) is 0.879. The summed E-state index contributed by atoms with van der Waals surface area (Å²) in [7, 11) is 4.07. The van der Waals surface area contributed by atoms with Crippen LogP contribution in [-0.2, 0) is 0 Å². The van der Waals surface area contributed by atoms with Gasteiger partial charge in [-0.2, -0.15) is 0 Å². The van der Waals surface area contributed by atoms with Crippen LogP contribution in [0, 0.1) is 0 Å². The molecule has 0 aromatic carbocycles. The van der Waals surface area contributed by atoms with E-state index in [1.54, 1.807) is 0 Å². The number of likely N-dealkylation sites (tertiary alicyclic amines) is 1. The Morgan fingerprint density at radius 1 is 0.971 bits per heavy atom. The smallest absolute Gasteiger partial charge is 0.404 e. The lowest BCUT2D eigenvalue weighted by Gasteiger charge is -2.39. The van der Waals surface area contributed by atoms with Crippen molar-refractivity contribution in [3.05, 3.63) is 54.1 Å². The fourth-order valence-corrected chi connectivity index (χ4v) is 5.15. The van der Waals surface area contributed by atoms with Crippen LogP contribution in [0.1, 0.15) is 42.7 Å². The lowest BCUT2D eigenvalue weighted by molar-refractivity contribution is -0.275. The summed E-state index contributed by atoms with van der Waals surface area (Å²) in [5.41, 5.74) is 2.11. The average Bonchev–Trinajstić information content (AvgIpc) is 3.24. The molecule has 2 fully saturated rings. The van der Waals surface area contributed by atoms with Crippen molar-refractivity contribution < 1.29 is 17.9 Å². The Bertz CT molecular complexity index is 1140. The molecule has 0 amide bonds. The molecule has 182 valence electrons. The van der Waals surface area contributed by atoms with Crippen LogP contribution < -0.4 is 9.64 Å². The number of ether oxygens (including phenoxy) is 1. The number of fused-ring (bicyclic) bond motifs is 1. The topological polar surface area (TPSA) is 49.1 Å². The first-order chi connectivity index (χ1) is 16.3. The fraction of sp³-hybridized carbons (Fsp3) is 0.500. The minimum absolute atomic E-state index is 0.0280. The van der Waals surface area contributed by atoms with Crippen molar-refractivity contribution in [2.75, 3.05) is 45.2 Å². The average molecular weight is 475 g/mol. The van der Waals surface area contributed by atoms with Crippen molar-refractivity contribution in [2.45, 2.75) is 37.7 Å². The number of halogens is 3. The van der Waals surface area contributed by atoms with E-state index in [1.165, 1.54) is 18.3 Å². The molecule has 0 bridgehead atoms. The number of anilines is 1. The summed E-state index contributed by atoms with van der Waals surface area (Å²) >= 11 is 0. The van der Waals surface area contributed by atoms with Crippen LogP contribution >= 0.6 is 0 Å². The molecule has 0 unspecified atom stereocenters. The molecule has 2 saturated heterocycles. The van der Waals surface area contributed by atoms with Gasteiger partial charge in [-0.3, -0.25) is 14.3 Å². The number of rotatable bonds is 4. The van der Waals surface area contributed by atoms with E-state index in [4.69, 9.17) is 4.98 Å². The van der Waals surface area contributed by atoms with Gasteiger partial charge in [-0.1, -0.05) is 6.07 Å². The second-order valence-corrected chi connectivity index (χ2v) is 9.13. The summed E-state index contributed by atoms with van der Waals surface area (Å²) in [6.07, 6.45) is 1.29.